The van der Waals surface area contributed by atoms with E-state index in [1.807, 2.05) is 68.7 Å². The van der Waals surface area contributed by atoms with Crippen LogP contribution < -0.4 is 4.74 Å². The van der Waals surface area contributed by atoms with Crippen molar-refractivity contribution in [2.24, 2.45) is 5.92 Å². The predicted octanol–water partition coefficient (Wildman–Crippen LogP) is 4.25. The summed E-state index contributed by atoms with van der Waals surface area (Å²) in [4.78, 5) is 15.0. The van der Waals surface area contributed by atoms with E-state index in [-0.39, 0.29) is 11.7 Å². The van der Waals surface area contributed by atoms with E-state index >= 15 is 0 Å². The zero-order chi connectivity index (χ0) is 17.5. The molecule has 0 amide bonds. The van der Waals surface area contributed by atoms with Crippen molar-refractivity contribution < 1.29 is 9.53 Å². The molecule has 1 atom stereocenters. The lowest BCUT2D eigenvalue weighted by Gasteiger charge is -2.20. The molecule has 1 unspecified atom stereocenters. The maximum absolute atomic E-state index is 13.0. The number of benzene rings is 2. The van der Waals surface area contributed by atoms with Gasteiger partial charge in [-0.05, 0) is 49.8 Å². The Bertz CT molecular complexity index is 633. The molecule has 0 radical (unpaired) electrons. The zero-order valence-corrected chi connectivity index (χ0v) is 15.0. The van der Waals surface area contributed by atoms with E-state index in [0.717, 1.165) is 16.9 Å². The molecule has 0 fully saturated rings. The summed E-state index contributed by atoms with van der Waals surface area (Å²) in [7, 11) is 3.98. The van der Waals surface area contributed by atoms with Gasteiger partial charge in [-0.3, -0.25) is 4.79 Å². The first kappa shape index (κ1) is 18.2. The molecular formula is C21H27NO2. The molecular weight excluding hydrogens is 298 g/mol. The summed E-state index contributed by atoms with van der Waals surface area (Å²) in [5, 5.41) is 0. The van der Waals surface area contributed by atoms with Crippen molar-refractivity contribution >= 4 is 5.78 Å². The molecule has 3 nitrogen and oxygen atoms in total. The van der Waals surface area contributed by atoms with Gasteiger partial charge in [-0.2, -0.15) is 0 Å². The van der Waals surface area contributed by atoms with Crippen molar-refractivity contribution in [2.45, 2.75) is 19.8 Å². The van der Waals surface area contributed by atoms with Crippen LogP contribution in [0.3, 0.4) is 0 Å². The number of Topliss-reactive ketones (excluding diaryl/α,β-unsaturated/α-hetero) is 1. The van der Waals surface area contributed by atoms with Crippen LogP contribution in [0.4, 0.5) is 0 Å². The van der Waals surface area contributed by atoms with Crippen LogP contribution in [-0.4, -0.2) is 37.9 Å². The third kappa shape index (κ3) is 5.20. The lowest BCUT2D eigenvalue weighted by Crippen LogP contribution is -2.26. The van der Waals surface area contributed by atoms with E-state index in [4.69, 9.17) is 4.74 Å². The predicted molar refractivity (Wildman–Crippen MR) is 98.8 cm³/mol. The number of rotatable bonds is 8. The van der Waals surface area contributed by atoms with E-state index in [1.165, 1.54) is 0 Å². The van der Waals surface area contributed by atoms with E-state index in [9.17, 15) is 4.79 Å². The van der Waals surface area contributed by atoms with E-state index in [1.54, 1.807) is 0 Å². The number of ether oxygens (including phenoxy) is 1. The molecule has 0 saturated heterocycles. The first-order valence-corrected chi connectivity index (χ1v) is 8.44. The molecule has 0 aromatic heterocycles. The molecule has 0 N–H and O–H groups in total. The molecule has 2 aromatic rings. The van der Waals surface area contributed by atoms with Crippen molar-refractivity contribution in [3.63, 3.8) is 0 Å². The number of hydrogen-bond donors (Lipinski definition) is 0. The van der Waals surface area contributed by atoms with Crippen LogP contribution in [0.25, 0.3) is 0 Å². The summed E-state index contributed by atoms with van der Waals surface area (Å²) in [5.74, 6) is 1.27. The Morgan fingerprint density at radius 1 is 1.00 bits per heavy atom. The van der Waals surface area contributed by atoms with Crippen LogP contribution in [0.5, 0.6) is 5.75 Å². The van der Waals surface area contributed by atoms with Gasteiger partial charge in [0.05, 0.1) is 12.5 Å². The highest BCUT2D eigenvalue weighted by Crippen LogP contribution is 2.23. The molecule has 0 bridgehead atoms. The normalized spacial score (nSPS) is 12.4. The quantitative estimate of drug-likeness (QED) is 0.680. The molecule has 0 heterocycles. The first-order chi connectivity index (χ1) is 11.5. The zero-order valence-electron chi connectivity index (χ0n) is 15.0. The Morgan fingerprint density at radius 2 is 1.62 bits per heavy atom. The lowest BCUT2D eigenvalue weighted by atomic mass is 9.90. The Kier molecular flexibility index (Phi) is 6.56. The maximum atomic E-state index is 13.0. The van der Waals surface area contributed by atoms with Crippen LogP contribution in [0.15, 0.2) is 54.6 Å². The molecule has 24 heavy (non-hydrogen) atoms. The minimum absolute atomic E-state index is 0.144. The molecule has 2 aromatic carbocycles. The minimum Gasteiger partial charge on any atom is -0.493 e. The van der Waals surface area contributed by atoms with Gasteiger partial charge in [0.25, 0.3) is 0 Å². The second kappa shape index (κ2) is 8.65. The van der Waals surface area contributed by atoms with Crippen molar-refractivity contribution in [3.05, 3.63) is 65.7 Å². The smallest absolute Gasteiger partial charge is 0.171 e. The monoisotopic (exact) mass is 325 g/mol. The summed E-state index contributed by atoms with van der Waals surface area (Å²) in [6, 6.07) is 17.5. The fraction of sp³-hybridized carbons (Fsp3) is 0.381. The number of carbonyl (C=O) groups is 1. The second-order valence-corrected chi connectivity index (χ2v) is 6.82. The van der Waals surface area contributed by atoms with E-state index in [2.05, 4.69) is 18.7 Å². The van der Waals surface area contributed by atoms with Gasteiger partial charge in [0.15, 0.2) is 5.78 Å². The van der Waals surface area contributed by atoms with Crippen LogP contribution in [-0.2, 0) is 0 Å². The minimum atomic E-state index is -0.163. The van der Waals surface area contributed by atoms with Gasteiger partial charge in [0.1, 0.15) is 5.75 Å². The van der Waals surface area contributed by atoms with Gasteiger partial charge >= 0.3 is 0 Å². The van der Waals surface area contributed by atoms with Crippen molar-refractivity contribution in [2.75, 3.05) is 27.2 Å². The number of ketones is 1. The number of likely N-dealkylation sites (N-methyl/N-ethyl adjacent to an activating group) is 1. The summed E-state index contributed by atoms with van der Waals surface area (Å²) in [6.07, 6.45) is 0. The van der Waals surface area contributed by atoms with Gasteiger partial charge in [0.2, 0.25) is 0 Å². The van der Waals surface area contributed by atoms with Crippen LogP contribution in [0.1, 0.15) is 35.7 Å². The SMILES string of the molecule is CC(C)COc1ccc(C(=O)C(CN(C)C)c2ccccc2)cc1. The molecule has 0 aliphatic rings. The summed E-state index contributed by atoms with van der Waals surface area (Å²) >= 11 is 0. The van der Waals surface area contributed by atoms with Crippen LogP contribution in [0.2, 0.25) is 0 Å². The van der Waals surface area contributed by atoms with Gasteiger partial charge in [0, 0.05) is 12.1 Å². The van der Waals surface area contributed by atoms with Crippen molar-refractivity contribution in [3.8, 4) is 5.75 Å². The maximum Gasteiger partial charge on any atom is 0.171 e. The van der Waals surface area contributed by atoms with Crippen LogP contribution in [0, 0.1) is 5.92 Å². The van der Waals surface area contributed by atoms with Crippen molar-refractivity contribution in [1.82, 2.24) is 4.90 Å². The van der Waals surface area contributed by atoms with Crippen LogP contribution >= 0.6 is 0 Å². The average molecular weight is 325 g/mol. The summed E-state index contributed by atoms with van der Waals surface area (Å²) in [6.45, 7) is 5.60. The molecule has 128 valence electrons. The second-order valence-electron chi connectivity index (χ2n) is 6.82. The standard InChI is InChI=1S/C21H27NO2/c1-16(2)15-24-19-12-10-18(11-13-19)21(23)20(14-22(3)4)17-8-6-5-7-9-17/h5-13,16,20H,14-15H2,1-4H3. The average Bonchev–Trinajstić information content (AvgIpc) is 2.58. The molecule has 0 saturated carbocycles. The highest BCUT2D eigenvalue weighted by Gasteiger charge is 2.22. The Labute approximate surface area is 145 Å². The van der Waals surface area contributed by atoms with E-state index in [0.29, 0.717) is 19.1 Å². The Morgan fingerprint density at radius 3 is 2.17 bits per heavy atom. The van der Waals surface area contributed by atoms with Gasteiger partial charge in [-0.15, -0.1) is 0 Å². The molecule has 3 heteroatoms. The number of nitrogens with zero attached hydrogens (tertiary/aromatic N) is 1. The first-order valence-electron chi connectivity index (χ1n) is 8.44. The third-order valence-corrected chi connectivity index (χ3v) is 3.79. The third-order valence-electron chi connectivity index (χ3n) is 3.79. The topological polar surface area (TPSA) is 29.5 Å². The number of hydrogen-bond acceptors (Lipinski definition) is 3. The Hall–Kier alpha value is -2.13. The summed E-state index contributed by atoms with van der Waals surface area (Å²) < 4.78 is 5.69. The molecule has 0 aliphatic carbocycles. The fourth-order valence-electron chi connectivity index (χ4n) is 2.57. The number of carbonyl (C=O) groups excluding carboxylic acids is 1. The molecule has 0 aliphatic heterocycles. The highest BCUT2D eigenvalue weighted by atomic mass is 16.5. The molecule has 0 spiro atoms. The van der Waals surface area contributed by atoms with Gasteiger partial charge in [-0.1, -0.05) is 44.2 Å². The molecule has 2 rings (SSSR count). The summed E-state index contributed by atoms with van der Waals surface area (Å²) in [5.41, 5.74) is 1.78. The highest BCUT2D eigenvalue weighted by molar-refractivity contribution is 6.01. The van der Waals surface area contributed by atoms with Gasteiger partial charge in [-0.25, -0.2) is 0 Å². The van der Waals surface area contributed by atoms with Gasteiger partial charge < -0.3 is 9.64 Å². The fourth-order valence-corrected chi connectivity index (χ4v) is 2.57. The van der Waals surface area contributed by atoms with E-state index < -0.39 is 0 Å². The Balaban J connectivity index is 2.17. The lowest BCUT2D eigenvalue weighted by molar-refractivity contribution is 0.0944. The van der Waals surface area contributed by atoms with Crippen molar-refractivity contribution in [1.29, 1.82) is 0 Å². The largest absolute Gasteiger partial charge is 0.493 e.